The summed E-state index contributed by atoms with van der Waals surface area (Å²) in [6.45, 7) is 10.3. The molecule has 42 heavy (non-hydrogen) atoms. The minimum absolute atomic E-state index is 0.0263. The maximum atomic E-state index is 13.3. The molecule has 6 rings (SSSR count). The highest BCUT2D eigenvalue weighted by molar-refractivity contribution is 6.06. The predicted octanol–water partition coefficient (Wildman–Crippen LogP) is 7.94. The Morgan fingerprint density at radius 3 is 2.57 bits per heavy atom. The summed E-state index contributed by atoms with van der Waals surface area (Å²) >= 11 is 0. The third-order valence-corrected chi connectivity index (χ3v) is 8.57. The molecule has 7 heteroatoms. The van der Waals surface area contributed by atoms with E-state index in [0.717, 1.165) is 54.8 Å². The number of benzene rings is 2. The van der Waals surface area contributed by atoms with E-state index in [-0.39, 0.29) is 28.4 Å². The molecule has 1 aliphatic carbocycles. The van der Waals surface area contributed by atoms with Gasteiger partial charge in [0.15, 0.2) is 23.1 Å². The number of aromatic nitrogens is 3. The van der Waals surface area contributed by atoms with Crippen molar-refractivity contribution < 1.29 is 14.3 Å². The van der Waals surface area contributed by atoms with Crippen LogP contribution in [0.15, 0.2) is 65.8 Å². The molecule has 0 amide bonds. The van der Waals surface area contributed by atoms with Crippen LogP contribution in [0, 0.1) is 22.7 Å². The molecule has 0 N–H and O–H groups in total. The molecule has 2 aliphatic rings. The molecule has 2 aromatic heterocycles. The number of ketones is 1. The molecular weight excluding hydrogens is 524 g/mol. The number of fused-ring (bicyclic) bond motifs is 3. The van der Waals surface area contributed by atoms with E-state index in [1.807, 2.05) is 48.8 Å². The molecule has 1 fully saturated rings. The van der Waals surface area contributed by atoms with Gasteiger partial charge in [0.25, 0.3) is 0 Å². The minimum Gasteiger partial charge on any atom is -0.493 e. The number of Topliss-reactive ketones (excluding diaryl/α,β-unsaturated/α-hetero) is 1. The molecule has 7 nitrogen and oxygen atoms in total. The molecule has 218 valence electrons. The second kappa shape index (κ2) is 11.0. The van der Waals surface area contributed by atoms with Crippen LogP contribution in [0.4, 0.5) is 5.69 Å². The summed E-state index contributed by atoms with van der Waals surface area (Å²) in [6.07, 6.45) is 7.72. The number of hydrogen-bond donors (Lipinski definition) is 0. The van der Waals surface area contributed by atoms with Crippen LogP contribution < -0.4 is 9.47 Å². The van der Waals surface area contributed by atoms with Crippen molar-refractivity contribution in [1.82, 2.24) is 14.5 Å². The lowest BCUT2D eigenvalue weighted by Crippen LogP contribution is -2.31. The van der Waals surface area contributed by atoms with Crippen molar-refractivity contribution in [2.75, 3.05) is 13.7 Å². The summed E-state index contributed by atoms with van der Waals surface area (Å²) < 4.78 is 14.4. The van der Waals surface area contributed by atoms with Gasteiger partial charge in [-0.1, -0.05) is 52.3 Å². The van der Waals surface area contributed by atoms with Gasteiger partial charge in [0, 0.05) is 42.4 Å². The monoisotopic (exact) mass is 564 g/mol. The largest absolute Gasteiger partial charge is 0.493 e. The van der Waals surface area contributed by atoms with Gasteiger partial charge >= 0.3 is 0 Å². The van der Waals surface area contributed by atoms with Crippen LogP contribution in [0.2, 0.25) is 0 Å². The fraction of sp³-hybridized carbons (Fsp3) is 0.429. The lowest BCUT2D eigenvalue weighted by Gasteiger charge is -2.35. The maximum Gasteiger partial charge on any atom is 0.168 e. The van der Waals surface area contributed by atoms with Gasteiger partial charge in [-0.25, -0.2) is 4.98 Å². The molecule has 2 atom stereocenters. The van der Waals surface area contributed by atoms with Crippen LogP contribution in [0.3, 0.4) is 0 Å². The molecule has 0 radical (unpaired) electrons. The molecule has 0 bridgehead atoms. The van der Waals surface area contributed by atoms with Gasteiger partial charge in [-0.3, -0.25) is 14.8 Å². The van der Waals surface area contributed by atoms with Crippen LogP contribution in [0.5, 0.6) is 11.5 Å². The van der Waals surface area contributed by atoms with Gasteiger partial charge in [0.1, 0.15) is 5.69 Å². The average Bonchev–Trinajstić information content (AvgIpc) is 3.56. The van der Waals surface area contributed by atoms with Gasteiger partial charge < -0.3 is 14.0 Å². The van der Waals surface area contributed by atoms with Crippen molar-refractivity contribution in [2.45, 2.75) is 59.9 Å². The highest BCUT2D eigenvalue weighted by Crippen LogP contribution is 2.43. The first-order valence-electron chi connectivity index (χ1n) is 14.9. The Labute approximate surface area is 248 Å². The van der Waals surface area contributed by atoms with Crippen molar-refractivity contribution >= 4 is 28.7 Å². The van der Waals surface area contributed by atoms with Crippen molar-refractivity contribution in [3.63, 3.8) is 0 Å². The van der Waals surface area contributed by atoms with E-state index >= 15 is 0 Å². The van der Waals surface area contributed by atoms with Crippen molar-refractivity contribution in [2.24, 2.45) is 27.7 Å². The molecule has 0 saturated heterocycles. The van der Waals surface area contributed by atoms with Gasteiger partial charge in [-0.15, -0.1) is 0 Å². The molecule has 4 aromatic rings. The topological polar surface area (TPSA) is 78.6 Å². The van der Waals surface area contributed by atoms with Crippen LogP contribution in [-0.4, -0.2) is 40.2 Å². The van der Waals surface area contributed by atoms with Crippen LogP contribution in [0.1, 0.15) is 63.7 Å². The number of aliphatic imine (C=N–C) groups is 1. The van der Waals surface area contributed by atoms with E-state index in [4.69, 9.17) is 19.5 Å². The van der Waals surface area contributed by atoms with Gasteiger partial charge in [-0.2, -0.15) is 0 Å². The summed E-state index contributed by atoms with van der Waals surface area (Å²) in [5, 5.41) is 0. The van der Waals surface area contributed by atoms with E-state index in [1.165, 1.54) is 0 Å². The van der Waals surface area contributed by atoms with Crippen LogP contribution >= 0.6 is 0 Å². The van der Waals surface area contributed by atoms with E-state index in [1.54, 1.807) is 7.11 Å². The number of carbonyl (C=O) groups is 1. The molecule has 3 heterocycles. The molecule has 1 saturated carbocycles. The van der Waals surface area contributed by atoms with E-state index in [0.29, 0.717) is 29.4 Å². The zero-order chi connectivity index (χ0) is 29.5. The summed E-state index contributed by atoms with van der Waals surface area (Å²) in [7, 11) is 1.63. The highest BCUT2D eigenvalue weighted by Gasteiger charge is 2.36. The van der Waals surface area contributed by atoms with Gasteiger partial charge in [0.2, 0.25) is 0 Å². The Morgan fingerprint density at radius 2 is 1.79 bits per heavy atom. The molecule has 1 aliphatic heterocycles. The normalized spacial score (nSPS) is 18.5. The van der Waals surface area contributed by atoms with Gasteiger partial charge in [0.05, 0.1) is 30.4 Å². The Balaban J connectivity index is 1.21. The average molecular weight is 565 g/mol. The third kappa shape index (κ3) is 5.57. The Hall–Kier alpha value is -4.00. The Bertz CT molecular complexity index is 1640. The van der Waals surface area contributed by atoms with Crippen molar-refractivity contribution in [3.8, 4) is 23.0 Å². The third-order valence-electron chi connectivity index (χ3n) is 8.57. The van der Waals surface area contributed by atoms with Crippen LogP contribution in [0.25, 0.3) is 22.6 Å². The summed E-state index contributed by atoms with van der Waals surface area (Å²) in [5.41, 5.74) is 4.03. The number of carbonyl (C=O) groups excluding carboxylic acids is 1. The number of para-hydroxylation sites is 2. The fourth-order valence-electron chi connectivity index (χ4n) is 7.02. The minimum atomic E-state index is -0.154. The molecule has 2 unspecified atom stereocenters. The molecule has 0 spiro atoms. The number of rotatable bonds is 9. The zero-order valence-electron chi connectivity index (χ0n) is 25.3. The zero-order valence-corrected chi connectivity index (χ0v) is 25.3. The van der Waals surface area contributed by atoms with Gasteiger partial charge in [-0.05, 0) is 60.4 Å². The van der Waals surface area contributed by atoms with Crippen LogP contribution in [-0.2, 0) is 6.54 Å². The number of nitrogens with zero attached hydrogens (tertiary/aromatic N) is 4. The van der Waals surface area contributed by atoms with Crippen molar-refractivity contribution in [1.29, 1.82) is 0 Å². The summed E-state index contributed by atoms with van der Waals surface area (Å²) in [4.78, 5) is 27.6. The lowest BCUT2D eigenvalue weighted by atomic mass is 9.75. The summed E-state index contributed by atoms with van der Waals surface area (Å²) in [6, 6.07) is 17.9. The molecular formula is C35H40N4O3. The standard InChI is InChI=1S/C35H40N4O3/c1-34(2,21-39-29-15-7-6-13-26(29)38-33(39)27-14-8-9-16-36-27)20-35(3,4)22-42-31-18-28-25(17-30(31)41-5)32(40)24-12-10-11-23(24)19-37-28/h6-9,13-19,23-24H,10-12,20-22H2,1-5H3. The smallest absolute Gasteiger partial charge is 0.168 e. The Kier molecular flexibility index (Phi) is 7.37. The maximum absolute atomic E-state index is 13.3. The first kappa shape index (κ1) is 28.1. The van der Waals surface area contributed by atoms with E-state index in [9.17, 15) is 4.79 Å². The first-order chi connectivity index (χ1) is 20.1. The Morgan fingerprint density at radius 1 is 0.976 bits per heavy atom. The second-order valence-corrected chi connectivity index (χ2v) is 13.4. The first-order valence-corrected chi connectivity index (χ1v) is 14.9. The number of pyridine rings is 1. The SMILES string of the molecule is COc1cc2c(cc1OCC(C)(C)CC(C)(C)Cn1c(-c3ccccn3)nc3ccccc31)N=CC1CCCC1C2=O. The second-order valence-electron chi connectivity index (χ2n) is 13.4. The van der Waals surface area contributed by atoms with E-state index in [2.05, 4.69) is 55.4 Å². The van der Waals surface area contributed by atoms with E-state index < -0.39 is 0 Å². The molecule has 2 aromatic carbocycles. The highest BCUT2D eigenvalue weighted by atomic mass is 16.5. The van der Waals surface area contributed by atoms with Crippen molar-refractivity contribution in [3.05, 3.63) is 66.4 Å². The quantitative estimate of drug-likeness (QED) is 0.206. The number of methoxy groups -OCH3 is 1. The predicted molar refractivity (Wildman–Crippen MR) is 167 cm³/mol. The fourth-order valence-corrected chi connectivity index (χ4v) is 7.02. The number of hydrogen-bond acceptors (Lipinski definition) is 6. The summed E-state index contributed by atoms with van der Waals surface area (Å²) in [5.74, 6) is 2.51. The number of ether oxygens (including phenoxy) is 2. The number of imidazole rings is 1. The lowest BCUT2D eigenvalue weighted by molar-refractivity contribution is 0.0911.